The Morgan fingerprint density at radius 3 is 2.54 bits per heavy atom. The smallest absolute Gasteiger partial charge is 0.321 e. The molecule has 6 heteroatoms. The second-order valence-electron chi connectivity index (χ2n) is 6.87. The highest BCUT2D eigenvalue weighted by molar-refractivity contribution is 7.99. The van der Waals surface area contributed by atoms with Gasteiger partial charge in [0.2, 0.25) is 0 Å². The zero-order chi connectivity index (χ0) is 16.9. The largest absolute Gasteiger partial charge is 0.323 e. The highest BCUT2D eigenvalue weighted by Crippen LogP contribution is 2.18. The SMILES string of the molecule is CN(C)[C@H]1CCN(Cc2ccc(NC(=O)N3CCSCC3)cc2)C1. The Kier molecular flexibility index (Phi) is 6.03. The average molecular weight is 349 g/mol. The van der Waals surface area contributed by atoms with Crippen LogP contribution in [0.5, 0.6) is 0 Å². The fraction of sp³-hybridized carbons (Fsp3) is 0.611. The molecule has 5 nitrogen and oxygen atoms in total. The third kappa shape index (κ3) is 4.65. The van der Waals surface area contributed by atoms with E-state index >= 15 is 0 Å². The maximum Gasteiger partial charge on any atom is 0.321 e. The molecular formula is C18H28N4OS. The van der Waals surface area contributed by atoms with E-state index in [1.165, 1.54) is 12.0 Å². The molecule has 2 saturated heterocycles. The molecule has 1 N–H and O–H groups in total. The number of rotatable bonds is 4. The third-order valence-corrected chi connectivity index (χ3v) is 5.83. The molecule has 0 aromatic heterocycles. The van der Waals surface area contributed by atoms with E-state index in [9.17, 15) is 4.79 Å². The summed E-state index contributed by atoms with van der Waals surface area (Å²) in [4.78, 5) is 18.9. The van der Waals surface area contributed by atoms with Crippen molar-refractivity contribution in [3.05, 3.63) is 29.8 Å². The van der Waals surface area contributed by atoms with Crippen LogP contribution in [-0.4, -0.2) is 78.6 Å². The molecule has 3 rings (SSSR count). The van der Waals surface area contributed by atoms with E-state index in [1.54, 1.807) is 0 Å². The maximum absolute atomic E-state index is 12.2. The highest BCUT2D eigenvalue weighted by atomic mass is 32.2. The van der Waals surface area contributed by atoms with Gasteiger partial charge in [0, 0.05) is 56.0 Å². The molecule has 1 aromatic carbocycles. The number of hydrogen-bond donors (Lipinski definition) is 1. The lowest BCUT2D eigenvalue weighted by atomic mass is 10.2. The van der Waals surface area contributed by atoms with Crippen LogP contribution in [-0.2, 0) is 6.54 Å². The van der Waals surface area contributed by atoms with E-state index < -0.39 is 0 Å². The second-order valence-corrected chi connectivity index (χ2v) is 8.09. The van der Waals surface area contributed by atoms with Gasteiger partial charge in [-0.25, -0.2) is 4.79 Å². The van der Waals surface area contributed by atoms with E-state index in [0.29, 0.717) is 6.04 Å². The number of hydrogen-bond acceptors (Lipinski definition) is 4. The predicted octanol–water partition coefficient (Wildman–Crippen LogP) is 2.40. The number of anilines is 1. The van der Waals surface area contributed by atoms with Gasteiger partial charge in [-0.2, -0.15) is 11.8 Å². The lowest BCUT2D eigenvalue weighted by molar-refractivity contribution is 0.217. The monoisotopic (exact) mass is 348 g/mol. The van der Waals surface area contributed by atoms with Crippen molar-refractivity contribution in [1.29, 1.82) is 0 Å². The number of thioether (sulfide) groups is 1. The van der Waals surface area contributed by atoms with Crippen LogP contribution in [0.25, 0.3) is 0 Å². The number of amides is 2. The van der Waals surface area contributed by atoms with Crippen molar-refractivity contribution in [2.45, 2.75) is 19.0 Å². The van der Waals surface area contributed by atoms with Crippen LogP contribution >= 0.6 is 11.8 Å². The standard InChI is InChI=1S/C18H28N4OS/c1-20(2)17-7-8-21(14-17)13-15-3-5-16(6-4-15)19-18(23)22-9-11-24-12-10-22/h3-6,17H,7-14H2,1-2H3,(H,19,23)/t17-/m0/s1. The molecule has 1 atom stereocenters. The van der Waals surface area contributed by atoms with Crippen LogP contribution in [0.2, 0.25) is 0 Å². The Hall–Kier alpha value is -1.24. The molecule has 2 aliphatic heterocycles. The minimum atomic E-state index is 0.0245. The van der Waals surface area contributed by atoms with Gasteiger partial charge in [0.1, 0.15) is 0 Å². The fourth-order valence-electron chi connectivity index (χ4n) is 3.30. The first-order chi connectivity index (χ1) is 11.6. The molecule has 1 aromatic rings. The van der Waals surface area contributed by atoms with Gasteiger partial charge < -0.3 is 15.1 Å². The lowest BCUT2D eigenvalue weighted by Gasteiger charge is -2.26. The van der Waals surface area contributed by atoms with Crippen molar-refractivity contribution in [3.8, 4) is 0 Å². The summed E-state index contributed by atoms with van der Waals surface area (Å²) in [6, 6.07) is 8.99. The van der Waals surface area contributed by atoms with Gasteiger partial charge in [-0.3, -0.25) is 4.90 Å². The number of likely N-dealkylation sites (tertiary alicyclic amines) is 1. The molecule has 0 radical (unpaired) electrons. The molecule has 2 amide bonds. The Balaban J connectivity index is 1.49. The maximum atomic E-state index is 12.2. The molecule has 0 aliphatic carbocycles. The number of likely N-dealkylation sites (N-methyl/N-ethyl adjacent to an activating group) is 1. The Bertz CT molecular complexity index is 542. The van der Waals surface area contributed by atoms with E-state index in [0.717, 1.165) is 49.9 Å². The summed E-state index contributed by atoms with van der Waals surface area (Å²) in [5.74, 6) is 2.08. The van der Waals surface area contributed by atoms with E-state index in [4.69, 9.17) is 0 Å². The summed E-state index contributed by atoms with van der Waals surface area (Å²) in [5, 5.41) is 3.01. The fourth-order valence-corrected chi connectivity index (χ4v) is 4.20. The summed E-state index contributed by atoms with van der Waals surface area (Å²) in [6.45, 7) is 4.97. The number of carbonyl (C=O) groups is 1. The Morgan fingerprint density at radius 2 is 1.92 bits per heavy atom. The van der Waals surface area contributed by atoms with Crippen LogP contribution in [0, 0.1) is 0 Å². The van der Waals surface area contributed by atoms with E-state index in [1.807, 2.05) is 28.8 Å². The first-order valence-electron chi connectivity index (χ1n) is 8.73. The van der Waals surface area contributed by atoms with Gasteiger partial charge in [-0.15, -0.1) is 0 Å². The third-order valence-electron chi connectivity index (χ3n) is 4.89. The molecule has 0 unspecified atom stereocenters. The van der Waals surface area contributed by atoms with Crippen molar-refractivity contribution in [1.82, 2.24) is 14.7 Å². The summed E-state index contributed by atoms with van der Waals surface area (Å²) in [5.41, 5.74) is 2.19. The van der Waals surface area contributed by atoms with Gasteiger partial charge in [0.25, 0.3) is 0 Å². The first kappa shape index (κ1) is 17.6. The van der Waals surface area contributed by atoms with E-state index in [2.05, 4.69) is 41.3 Å². The number of benzene rings is 1. The lowest BCUT2D eigenvalue weighted by Crippen LogP contribution is -2.40. The van der Waals surface area contributed by atoms with Crippen LogP contribution in [0.4, 0.5) is 10.5 Å². The number of carbonyl (C=O) groups excluding carboxylic acids is 1. The minimum absolute atomic E-state index is 0.0245. The molecule has 2 fully saturated rings. The number of nitrogens with zero attached hydrogens (tertiary/aromatic N) is 3. The van der Waals surface area contributed by atoms with Gasteiger partial charge in [0.05, 0.1) is 0 Å². The predicted molar refractivity (Wildman–Crippen MR) is 102 cm³/mol. The average Bonchev–Trinajstić information content (AvgIpc) is 3.06. The van der Waals surface area contributed by atoms with Gasteiger partial charge >= 0.3 is 6.03 Å². The molecule has 132 valence electrons. The molecular weight excluding hydrogens is 320 g/mol. The van der Waals surface area contributed by atoms with Gasteiger partial charge in [-0.05, 0) is 38.2 Å². The zero-order valence-electron chi connectivity index (χ0n) is 14.7. The molecule has 0 spiro atoms. The summed E-state index contributed by atoms with van der Waals surface area (Å²) >= 11 is 1.91. The van der Waals surface area contributed by atoms with E-state index in [-0.39, 0.29) is 6.03 Å². The van der Waals surface area contributed by atoms with Crippen molar-refractivity contribution >= 4 is 23.5 Å². The van der Waals surface area contributed by atoms with Crippen LogP contribution in [0.3, 0.4) is 0 Å². The van der Waals surface area contributed by atoms with Crippen LogP contribution in [0.15, 0.2) is 24.3 Å². The zero-order valence-corrected chi connectivity index (χ0v) is 15.5. The first-order valence-corrected chi connectivity index (χ1v) is 9.88. The molecule has 2 heterocycles. The van der Waals surface area contributed by atoms with Crippen molar-refractivity contribution in [3.63, 3.8) is 0 Å². The highest BCUT2D eigenvalue weighted by Gasteiger charge is 2.23. The molecule has 0 bridgehead atoms. The Morgan fingerprint density at radius 1 is 1.21 bits per heavy atom. The normalized spacial score (nSPS) is 22.1. The number of nitrogens with one attached hydrogen (secondary N) is 1. The quantitative estimate of drug-likeness (QED) is 0.907. The molecule has 2 aliphatic rings. The van der Waals surface area contributed by atoms with Crippen LogP contribution < -0.4 is 5.32 Å². The Labute approximate surface area is 149 Å². The molecule has 24 heavy (non-hydrogen) atoms. The van der Waals surface area contributed by atoms with Gasteiger partial charge in [0.15, 0.2) is 0 Å². The van der Waals surface area contributed by atoms with Crippen molar-refractivity contribution < 1.29 is 4.79 Å². The number of urea groups is 1. The second kappa shape index (κ2) is 8.23. The summed E-state index contributed by atoms with van der Waals surface area (Å²) in [7, 11) is 4.32. The van der Waals surface area contributed by atoms with Crippen LogP contribution in [0.1, 0.15) is 12.0 Å². The van der Waals surface area contributed by atoms with Gasteiger partial charge in [-0.1, -0.05) is 12.1 Å². The summed E-state index contributed by atoms with van der Waals surface area (Å²) < 4.78 is 0. The van der Waals surface area contributed by atoms with Crippen molar-refractivity contribution in [2.75, 3.05) is 57.1 Å². The summed E-state index contributed by atoms with van der Waals surface area (Å²) in [6.07, 6.45) is 1.25. The topological polar surface area (TPSA) is 38.8 Å². The van der Waals surface area contributed by atoms with Crippen molar-refractivity contribution in [2.24, 2.45) is 0 Å². The molecule has 0 saturated carbocycles. The minimum Gasteiger partial charge on any atom is -0.323 e.